The quantitative estimate of drug-likeness (QED) is 0.568. The third-order valence-electron chi connectivity index (χ3n) is 1.25. The van der Waals surface area contributed by atoms with Gasteiger partial charge >= 0.3 is 0 Å². The summed E-state index contributed by atoms with van der Waals surface area (Å²) in [6.45, 7) is 9.44. The number of hydrogen-bond acceptors (Lipinski definition) is 1. The van der Waals surface area contributed by atoms with Crippen molar-refractivity contribution in [3.63, 3.8) is 0 Å². The van der Waals surface area contributed by atoms with Crippen LogP contribution >= 0.6 is 0 Å². The van der Waals surface area contributed by atoms with Gasteiger partial charge in [0.1, 0.15) is 0 Å². The molecule has 0 fully saturated rings. The number of ether oxygens (including phenoxy) is 1. The largest absolute Gasteiger partial charge is 0.379 e. The van der Waals surface area contributed by atoms with E-state index in [2.05, 4.69) is 20.8 Å². The van der Waals surface area contributed by atoms with Gasteiger partial charge in [-0.2, -0.15) is 0 Å². The minimum absolute atomic E-state index is 0.440. The lowest BCUT2D eigenvalue weighted by Crippen LogP contribution is -2.10. The zero-order chi connectivity index (χ0) is 7.28. The van der Waals surface area contributed by atoms with Crippen molar-refractivity contribution in [2.24, 2.45) is 5.92 Å². The van der Waals surface area contributed by atoms with Gasteiger partial charge in [0.25, 0.3) is 0 Å². The molecule has 0 bridgehead atoms. The van der Waals surface area contributed by atoms with E-state index in [4.69, 9.17) is 4.74 Å². The first kappa shape index (κ1) is 8.96. The molecule has 0 amide bonds. The van der Waals surface area contributed by atoms with E-state index in [1.165, 1.54) is 6.42 Å². The Labute approximate surface area is 58.4 Å². The average Bonchev–Trinajstić information content (AvgIpc) is 1.63. The van der Waals surface area contributed by atoms with E-state index >= 15 is 0 Å². The summed E-state index contributed by atoms with van der Waals surface area (Å²) in [5.41, 5.74) is 0. The first-order chi connectivity index (χ1) is 4.16. The summed E-state index contributed by atoms with van der Waals surface area (Å²) < 4.78 is 5.35. The lowest BCUT2D eigenvalue weighted by Gasteiger charge is -2.12. The molecular formula is C8H18O. The smallest absolute Gasteiger partial charge is 0.0549 e. The predicted octanol–water partition coefficient (Wildman–Crippen LogP) is 2.46. The second kappa shape index (κ2) is 4.80. The van der Waals surface area contributed by atoms with Crippen LogP contribution in [0.1, 0.15) is 34.1 Å². The van der Waals surface area contributed by atoms with Crippen LogP contribution in [0.4, 0.5) is 0 Å². The standard InChI is InChI=1S/C8H18O/c1-5-9-8(4)6-7(2)3/h7-8H,5-6H2,1-4H3. The molecule has 0 aliphatic carbocycles. The Kier molecular flexibility index (Phi) is 4.78. The highest BCUT2D eigenvalue weighted by atomic mass is 16.5. The van der Waals surface area contributed by atoms with E-state index in [9.17, 15) is 0 Å². The van der Waals surface area contributed by atoms with Gasteiger partial charge in [-0.3, -0.25) is 0 Å². The Morgan fingerprint density at radius 3 is 2.11 bits per heavy atom. The Hall–Kier alpha value is -0.0400. The molecule has 0 heterocycles. The van der Waals surface area contributed by atoms with Crippen molar-refractivity contribution in [2.75, 3.05) is 6.61 Å². The number of rotatable bonds is 4. The van der Waals surface area contributed by atoms with E-state index in [-0.39, 0.29) is 0 Å². The van der Waals surface area contributed by atoms with Crippen molar-refractivity contribution < 1.29 is 4.74 Å². The highest BCUT2D eigenvalue weighted by Crippen LogP contribution is 2.06. The normalized spacial score (nSPS) is 14.3. The molecule has 1 nitrogen and oxygen atoms in total. The molecule has 0 spiro atoms. The monoisotopic (exact) mass is 130 g/mol. The van der Waals surface area contributed by atoms with Crippen molar-refractivity contribution in [3.05, 3.63) is 0 Å². The van der Waals surface area contributed by atoms with Crippen LogP contribution in [-0.4, -0.2) is 12.7 Å². The van der Waals surface area contributed by atoms with Gasteiger partial charge in [0.05, 0.1) is 6.10 Å². The zero-order valence-electron chi connectivity index (χ0n) is 6.98. The predicted molar refractivity (Wildman–Crippen MR) is 40.5 cm³/mol. The SMILES string of the molecule is CCOC(C)CC(C)C. The molecule has 1 unspecified atom stereocenters. The average molecular weight is 130 g/mol. The van der Waals surface area contributed by atoms with Crippen LogP contribution in [0, 0.1) is 5.92 Å². The third-order valence-corrected chi connectivity index (χ3v) is 1.25. The van der Waals surface area contributed by atoms with E-state index in [1.807, 2.05) is 6.92 Å². The van der Waals surface area contributed by atoms with Crippen molar-refractivity contribution in [1.29, 1.82) is 0 Å². The topological polar surface area (TPSA) is 9.23 Å². The molecule has 0 saturated heterocycles. The van der Waals surface area contributed by atoms with Crippen molar-refractivity contribution >= 4 is 0 Å². The molecule has 0 rings (SSSR count). The molecule has 0 aromatic rings. The van der Waals surface area contributed by atoms with Gasteiger partial charge in [0, 0.05) is 6.61 Å². The van der Waals surface area contributed by atoms with Crippen LogP contribution in [-0.2, 0) is 4.74 Å². The molecule has 0 N–H and O–H groups in total. The molecular weight excluding hydrogens is 112 g/mol. The van der Waals surface area contributed by atoms with Gasteiger partial charge in [0.2, 0.25) is 0 Å². The molecule has 0 aliphatic heterocycles. The summed E-state index contributed by atoms with van der Waals surface area (Å²) in [4.78, 5) is 0. The van der Waals surface area contributed by atoms with Crippen LogP contribution in [0.15, 0.2) is 0 Å². The second-order valence-electron chi connectivity index (χ2n) is 2.90. The van der Waals surface area contributed by atoms with E-state index < -0.39 is 0 Å². The van der Waals surface area contributed by atoms with Crippen LogP contribution in [0.25, 0.3) is 0 Å². The molecule has 0 aromatic heterocycles. The van der Waals surface area contributed by atoms with Gasteiger partial charge in [-0.1, -0.05) is 13.8 Å². The van der Waals surface area contributed by atoms with Gasteiger partial charge in [-0.05, 0) is 26.2 Å². The molecule has 0 saturated carbocycles. The summed E-state index contributed by atoms with van der Waals surface area (Å²) in [5.74, 6) is 0.756. The van der Waals surface area contributed by atoms with Crippen LogP contribution < -0.4 is 0 Å². The van der Waals surface area contributed by atoms with Crippen LogP contribution in [0.2, 0.25) is 0 Å². The van der Waals surface area contributed by atoms with E-state index in [1.54, 1.807) is 0 Å². The van der Waals surface area contributed by atoms with E-state index in [0.29, 0.717) is 6.10 Å². The molecule has 1 heteroatoms. The minimum atomic E-state index is 0.440. The van der Waals surface area contributed by atoms with E-state index in [0.717, 1.165) is 12.5 Å². The van der Waals surface area contributed by atoms with Crippen molar-refractivity contribution in [2.45, 2.75) is 40.2 Å². The fourth-order valence-corrected chi connectivity index (χ4v) is 1.02. The summed E-state index contributed by atoms with van der Waals surface area (Å²) >= 11 is 0. The summed E-state index contributed by atoms with van der Waals surface area (Å²) in [6.07, 6.45) is 1.61. The highest BCUT2D eigenvalue weighted by Gasteiger charge is 2.02. The molecule has 0 radical (unpaired) electrons. The summed E-state index contributed by atoms with van der Waals surface area (Å²) in [7, 11) is 0. The Morgan fingerprint density at radius 1 is 1.22 bits per heavy atom. The van der Waals surface area contributed by atoms with Gasteiger partial charge in [-0.15, -0.1) is 0 Å². The summed E-state index contributed by atoms with van der Waals surface area (Å²) in [5, 5.41) is 0. The first-order valence-electron chi connectivity index (χ1n) is 3.78. The lowest BCUT2D eigenvalue weighted by molar-refractivity contribution is 0.0615. The fourth-order valence-electron chi connectivity index (χ4n) is 1.02. The van der Waals surface area contributed by atoms with Crippen molar-refractivity contribution in [1.82, 2.24) is 0 Å². The molecule has 0 aromatic carbocycles. The first-order valence-corrected chi connectivity index (χ1v) is 3.78. The van der Waals surface area contributed by atoms with Gasteiger partial charge in [0.15, 0.2) is 0 Å². The maximum Gasteiger partial charge on any atom is 0.0549 e. The van der Waals surface area contributed by atoms with Crippen LogP contribution in [0.5, 0.6) is 0 Å². The minimum Gasteiger partial charge on any atom is -0.379 e. The summed E-state index contributed by atoms with van der Waals surface area (Å²) in [6, 6.07) is 0. The molecule has 9 heavy (non-hydrogen) atoms. The maximum absolute atomic E-state index is 5.35. The second-order valence-corrected chi connectivity index (χ2v) is 2.90. The fraction of sp³-hybridized carbons (Fsp3) is 1.00. The Bertz CT molecular complexity index is 59.6. The number of hydrogen-bond donors (Lipinski definition) is 0. The van der Waals surface area contributed by atoms with Gasteiger partial charge < -0.3 is 4.74 Å². The maximum atomic E-state index is 5.35. The Balaban J connectivity index is 3.15. The molecule has 0 aliphatic rings. The lowest BCUT2D eigenvalue weighted by atomic mass is 10.1. The Morgan fingerprint density at radius 2 is 1.78 bits per heavy atom. The third kappa shape index (κ3) is 5.84. The molecule has 56 valence electrons. The van der Waals surface area contributed by atoms with Crippen LogP contribution in [0.3, 0.4) is 0 Å². The van der Waals surface area contributed by atoms with Gasteiger partial charge in [-0.25, -0.2) is 0 Å². The zero-order valence-corrected chi connectivity index (χ0v) is 6.98. The van der Waals surface area contributed by atoms with Crippen molar-refractivity contribution in [3.8, 4) is 0 Å². The molecule has 1 atom stereocenters. The highest BCUT2D eigenvalue weighted by molar-refractivity contribution is 4.52.